The van der Waals surface area contributed by atoms with E-state index in [-0.39, 0.29) is 11.9 Å². The van der Waals surface area contributed by atoms with Gasteiger partial charge in [0.1, 0.15) is 0 Å². The number of hydrogen-bond donors (Lipinski definition) is 4. The monoisotopic (exact) mass is 234 g/mol. The van der Waals surface area contributed by atoms with E-state index in [1.165, 1.54) is 5.56 Å². The lowest BCUT2D eigenvalue weighted by molar-refractivity contribution is 0.822. The van der Waals surface area contributed by atoms with Gasteiger partial charge in [0.25, 0.3) is 0 Å². The van der Waals surface area contributed by atoms with E-state index in [1.54, 1.807) is 0 Å². The Morgan fingerprint density at radius 3 is 2.47 bits per heavy atom. The van der Waals surface area contributed by atoms with Crippen molar-refractivity contribution in [2.24, 2.45) is 27.3 Å². The Labute approximate surface area is 101 Å². The van der Waals surface area contributed by atoms with Crippen molar-refractivity contribution in [1.82, 2.24) is 5.43 Å². The zero-order valence-corrected chi connectivity index (χ0v) is 9.63. The molecule has 0 saturated carbocycles. The smallest absolute Gasteiger partial charge is 0.209 e. The summed E-state index contributed by atoms with van der Waals surface area (Å²) in [6.07, 6.45) is 1.90. The van der Waals surface area contributed by atoms with Crippen molar-refractivity contribution in [1.29, 1.82) is 0 Å². The molecule has 0 atom stereocenters. The quantitative estimate of drug-likeness (QED) is 0.242. The fourth-order valence-corrected chi connectivity index (χ4v) is 1.28. The standard InChI is InChI=1S/C11H18N6/c12-10(13)16-17-11(14)15-8-4-7-9-5-2-1-3-6-9/h1-3,5-6H,4,7-8H2,(H4,12,13,16)(H3,14,15,17). The molecule has 0 aliphatic heterocycles. The zero-order valence-electron chi connectivity index (χ0n) is 9.63. The number of nitrogens with zero attached hydrogens (tertiary/aromatic N) is 2. The summed E-state index contributed by atoms with van der Waals surface area (Å²) in [4.78, 5) is 4.08. The van der Waals surface area contributed by atoms with Gasteiger partial charge in [0, 0.05) is 6.54 Å². The Morgan fingerprint density at radius 1 is 1.12 bits per heavy atom. The van der Waals surface area contributed by atoms with Crippen LogP contribution in [0.15, 0.2) is 40.4 Å². The largest absolute Gasteiger partial charge is 0.369 e. The van der Waals surface area contributed by atoms with Crippen LogP contribution in [-0.4, -0.2) is 18.5 Å². The van der Waals surface area contributed by atoms with E-state index in [2.05, 4.69) is 27.7 Å². The lowest BCUT2D eigenvalue weighted by atomic mass is 10.1. The number of nitrogens with two attached hydrogens (primary N) is 3. The van der Waals surface area contributed by atoms with E-state index in [4.69, 9.17) is 17.2 Å². The number of benzene rings is 1. The summed E-state index contributed by atoms with van der Waals surface area (Å²) in [5.74, 6) is 0.138. The Morgan fingerprint density at radius 2 is 1.82 bits per heavy atom. The van der Waals surface area contributed by atoms with Crippen molar-refractivity contribution in [3.63, 3.8) is 0 Å². The maximum Gasteiger partial charge on any atom is 0.209 e. The second kappa shape index (κ2) is 7.10. The Balaban J connectivity index is 2.23. The zero-order chi connectivity index (χ0) is 12.5. The number of nitrogens with one attached hydrogen (secondary N) is 1. The molecule has 0 spiro atoms. The fourth-order valence-electron chi connectivity index (χ4n) is 1.28. The van der Waals surface area contributed by atoms with Gasteiger partial charge in [-0.15, -0.1) is 5.10 Å². The minimum absolute atomic E-state index is 0.0764. The maximum absolute atomic E-state index is 5.52. The van der Waals surface area contributed by atoms with Crippen molar-refractivity contribution in [3.8, 4) is 0 Å². The van der Waals surface area contributed by atoms with E-state index in [0.29, 0.717) is 6.54 Å². The van der Waals surface area contributed by atoms with Crippen LogP contribution in [-0.2, 0) is 6.42 Å². The van der Waals surface area contributed by atoms with Crippen molar-refractivity contribution in [2.45, 2.75) is 12.8 Å². The molecule has 6 heteroatoms. The maximum atomic E-state index is 5.52. The van der Waals surface area contributed by atoms with Crippen LogP contribution in [0, 0.1) is 0 Å². The highest BCUT2D eigenvalue weighted by Gasteiger charge is 1.92. The van der Waals surface area contributed by atoms with Crippen molar-refractivity contribution < 1.29 is 0 Å². The molecule has 17 heavy (non-hydrogen) atoms. The molecule has 7 N–H and O–H groups in total. The van der Waals surface area contributed by atoms with Crippen LogP contribution in [0.5, 0.6) is 0 Å². The van der Waals surface area contributed by atoms with Crippen LogP contribution >= 0.6 is 0 Å². The molecule has 0 amide bonds. The first-order valence-corrected chi connectivity index (χ1v) is 5.37. The molecule has 1 rings (SSSR count). The van der Waals surface area contributed by atoms with Gasteiger partial charge >= 0.3 is 0 Å². The molecule has 0 aromatic heterocycles. The third-order valence-electron chi connectivity index (χ3n) is 2.05. The number of guanidine groups is 2. The molecule has 0 unspecified atom stereocenters. The Hall–Kier alpha value is -2.24. The molecule has 0 bridgehead atoms. The summed E-state index contributed by atoms with van der Waals surface area (Å²) in [6, 6.07) is 10.2. The number of hydrazone groups is 1. The van der Waals surface area contributed by atoms with E-state index in [9.17, 15) is 0 Å². The molecular formula is C11H18N6. The van der Waals surface area contributed by atoms with E-state index in [0.717, 1.165) is 12.8 Å². The SMILES string of the molecule is NC(N)=NNC(N)=NCCCc1ccccc1. The summed E-state index contributed by atoms with van der Waals surface area (Å²) in [7, 11) is 0. The second-order valence-corrected chi connectivity index (χ2v) is 3.50. The predicted molar refractivity (Wildman–Crippen MR) is 70.2 cm³/mol. The molecule has 92 valence electrons. The Bertz CT molecular complexity index is 380. The molecule has 1 aromatic rings. The van der Waals surface area contributed by atoms with E-state index >= 15 is 0 Å². The lowest BCUT2D eigenvalue weighted by Gasteiger charge is -2.01. The minimum atomic E-state index is -0.0764. The third kappa shape index (κ3) is 6.03. The first-order valence-electron chi connectivity index (χ1n) is 5.37. The summed E-state index contributed by atoms with van der Waals surface area (Å²) >= 11 is 0. The van der Waals surface area contributed by atoms with Crippen molar-refractivity contribution >= 4 is 11.9 Å². The lowest BCUT2D eigenvalue weighted by Crippen LogP contribution is -2.33. The Kier molecular flexibility index (Phi) is 5.36. The van der Waals surface area contributed by atoms with Crippen molar-refractivity contribution in [3.05, 3.63) is 35.9 Å². The molecule has 0 heterocycles. The van der Waals surface area contributed by atoms with Crippen LogP contribution in [0.2, 0.25) is 0 Å². The number of aryl methyl sites for hydroxylation is 1. The first kappa shape index (κ1) is 12.8. The highest BCUT2D eigenvalue weighted by molar-refractivity contribution is 5.81. The summed E-state index contributed by atoms with van der Waals surface area (Å²) in [5.41, 5.74) is 19.5. The van der Waals surface area contributed by atoms with Crippen LogP contribution in [0.4, 0.5) is 0 Å². The van der Waals surface area contributed by atoms with Gasteiger partial charge in [0.2, 0.25) is 11.9 Å². The highest BCUT2D eigenvalue weighted by Crippen LogP contribution is 2.01. The molecule has 0 aliphatic rings. The normalized spacial score (nSPS) is 10.9. The molecule has 0 saturated heterocycles. The topological polar surface area (TPSA) is 115 Å². The van der Waals surface area contributed by atoms with Crippen LogP contribution in [0.25, 0.3) is 0 Å². The first-order chi connectivity index (χ1) is 8.18. The van der Waals surface area contributed by atoms with Crippen LogP contribution < -0.4 is 22.6 Å². The molecule has 6 nitrogen and oxygen atoms in total. The summed E-state index contributed by atoms with van der Waals surface area (Å²) in [6.45, 7) is 0.633. The summed E-state index contributed by atoms with van der Waals surface area (Å²) in [5, 5.41) is 3.53. The van der Waals surface area contributed by atoms with Crippen LogP contribution in [0.1, 0.15) is 12.0 Å². The van der Waals surface area contributed by atoms with Gasteiger partial charge < -0.3 is 17.2 Å². The molecular weight excluding hydrogens is 216 g/mol. The van der Waals surface area contributed by atoms with Crippen LogP contribution in [0.3, 0.4) is 0 Å². The van der Waals surface area contributed by atoms with E-state index < -0.39 is 0 Å². The third-order valence-corrected chi connectivity index (χ3v) is 2.05. The van der Waals surface area contributed by atoms with Gasteiger partial charge in [0.05, 0.1) is 0 Å². The molecule has 0 aliphatic carbocycles. The predicted octanol–water partition coefficient (Wildman–Crippen LogP) is -0.288. The highest BCUT2D eigenvalue weighted by atomic mass is 15.4. The number of rotatable bonds is 5. The fraction of sp³-hybridized carbons (Fsp3) is 0.273. The second-order valence-electron chi connectivity index (χ2n) is 3.50. The van der Waals surface area contributed by atoms with Gasteiger partial charge in [0.15, 0.2) is 0 Å². The molecule has 1 aromatic carbocycles. The minimum Gasteiger partial charge on any atom is -0.369 e. The molecule has 0 fully saturated rings. The molecule has 0 radical (unpaired) electrons. The van der Waals surface area contributed by atoms with Gasteiger partial charge in [-0.2, -0.15) is 0 Å². The van der Waals surface area contributed by atoms with Gasteiger partial charge in [-0.05, 0) is 18.4 Å². The average molecular weight is 234 g/mol. The van der Waals surface area contributed by atoms with Gasteiger partial charge in [-0.3, -0.25) is 4.99 Å². The van der Waals surface area contributed by atoms with E-state index in [1.807, 2.05) is 18.2 Å². The number of aliphatic imine (C=N–C) groups is 1. The average Bonchev–Trinajstić information content (AvgIpc) is 2.33. The van der Waals surface area contributed by atoms with Gasteiger partial charge in [-0.1, -0.05) is 30.3 Å². The van der Waals surface area contributed by atoms with Crippen molar-refractivity contribution in [2.75, 3.05) is 6.54 Å². The number of hydrogen-bond acceptors (Lipinski definition) is 2. The van der Waals surface area contributed by atoms with Gasteiger partial charge in [-0.25, -0.2) is 5.43 Å². The summed E-state index contributed by atoms with van der Waals surface area (Å²) < 4.78 is 0.